The molecule has 2 aromatic rings. The van der Waals surface area contributed by atoms with Crippen LogP contribution in [0.5, 0.6) is 0 Å². The third-order valence-electron chi connectivity index (χ3n) is 4.72. The average Bonchev–Trinajstić information content (AvgIpc) is 3.14. The van der Waals surface area contributed by atoms with E-state index >= 15 is 0 Å². The van der Waals surface area contributed by atoms with Gasteiger partial charge in [0.15, 0.2) is 9.84 Å². The monoisotopic (exact) mass is 443 g/mol. The average molecular weight is 444 g/mol. The largest absolute Gasteiger partial charge is 0.311 e. The predicted molar refractivity (Wildman–Crippen MR) is 112 cm³/mol. The van der Waals surface area contributed by atoms with Gasteiger partial charge in [-0.2, -0.15) is 5.10 Å². The molecule has 0 bridgehead atoms. The number of halogens is 2. The molecule has 0 saturated carbocycles. The zero-order chi connectivity index (χ0) is 20.7. The van der Waals surface area contributed by atoms with Crippen molar-refractivity contribution in [1.82, 2.24) is 9.78 Å². The van der Waals surface area contributed by atoms with E-state index in [1.165, 1.54) is 0 Å². The maximum Gasteiger partial charge on any atom is 0.230 e. The Bertz CT molecular complexity index is 990. The number of carbonyl (C=O) groups excluding carboxylic acids is 1. The van der Waals surface area contributed by atoms with Crippen LogP contribution in [0.25, 0.3) is 0 Å². The van der Waals surface area contributed by atoms with Crippen LogP contribution < -0.4 is 5.32 Å². The molecule has 0 radical (unpaired) electrons. The molecule has 0 unspecified atom stereocenters. The first-order valence-electron chi connectivity index (χ1n) is 8.99. The molecule has 9 heteroatoms. The van der Waals surface area contributed by atoms with Crippen LogP contribution >= 0.6 is 23.2 Å². The van der Waals surface area contributed by atoms with Crippen LogP contribution in [0.4, 0.5) is 5.82 Å². The van der Waals surface area contributed by atoms with Gasteiger partial charge < -0.3 is 5.32 Å². The van der Waals surface area contributed by atoms with E-state index in [0.717, 1.165) is 5.69 Å². The van der Waals surface area contributed by atoms with Gasteiger partial charge in [0.25, 0.3) is 0 Å². The number of aromatic nitrogens is 2. The Morgan fingerprint density at radius 3 is 2.46 bits per heavy atom. The lowest BCUT2D eigenvalue weighted by atomic mass is 9.92. The summed E-state index contributed by atoms with van der Waals surface area (Å²) in [7, 11) is -3.08. The predicted octanol–water partition coefficient (Wildman–Crippen LogP) is 4.03. The standard InChI is InChI=1S/C19H23Cl2N3O3S/c1-19(2,3)16-10-17(24(23-16)12-7-8-28(26,27)11-12)22-18(25)9-13-14(20)5-4-6-15(13)21/h4-6,10,12H,7-9,11H2,1-3H3,(H,22,25)/t12-/m1/s1. The van der Waals surface area contributed by atoms with E-state index in [0.29, 0.717) is 27.8 Å². The van der Waals surface area contributed by atoms with Gasteiger partial charge in [-0.25, -0.2) is 13.1 Å². The van der Waals surface area contributed by atoms with Crippen molar-refractivity contribution in [3.8, 4) is 0 Å². The van der Waals surface area contributed by atoms with Crippen molar-refractivity contribution in [1.29, 1.82) is 0 Å². The van der Waals surface area contributed by atoms with Crippen molar-refractivity contribution in [3.63, 3.8) is 0 Å². The van der Waals surface area contributed by atoms with Crippen molar-refractivity contribution in [2.24, 2.45) is 0 Å². The SMILES string of the molecule is CC(C)(C)c1cc(NC(=O)Cc2c(Cl)cccc2Cl)n([C@@H]2CCS(=O)(=O)C2)n1. The van der Waals surface area contributed by atoms with Gasteiger partial charge in [-0.1, -0.05) is 50.0 Å². The lowest BCUT2D eigenvalue weighted by Gasteiger charge is -2.15. The quantitative estimate of drug-likeness (QED) is 0.772. The summed E-state index contributed by atoms with van der Waals surface area (Å²) in [5.74, 6) is 0.348. The van der Waals surface area contributed by atoms with E-state index in [1.807, 2.05) is 20.8 Å². The minimum Gasteiger partial charge on any atom is -0.311 e. The van der Waals surface area contributed by atoms with Crippen molar-refractivity contribution in [2.75, 3.05) is 16.8 Å². The van der Waals surface area contributed by atoms with Gasteiger partial charge in [-0.15, -0.1) is 0 Å². The van der Waals surface area contributed by atoms with Crippen LogP contribution in [-0.2, 0) is 26.5 Å². The Labute approximate surface area is 175 Å². The number of amides is 1. The third kappa shape index (κ3) is 4.70. The van der Waals surface area contributed by atoms with Gasteiger partial charge in [-0.05, 0) is 24.1 Å². The van der Waals surface area contributed by atoms with Crippen molar-refractivity contribution >= 4 is 44.8 Å². The van der Waals surface area contributed by atoms with Crippen LogP contribution in [0.3, 0.4) is 0 Å². The molecule has 2 heterocycles. The molecule has 3 rings (SSSR count). The molecule has 152 valence electrons. The Morgan fingerprint density at radius 1 is 1.29 bits per heavy atom. The molecule has 1 atom stereocenters. The lowest BCUT2D eigenvalue weighted by Crippen LogP contribution is -2.21. The molecule has 1 N–H and O–H groups in total. The summed E-state index contributed by atoms with van der Waals surface area (Å²) in [6.45, 7) is 6.04. The summed E-state index contributed by atoms with van der Waals surface area (Å²) < 4.78 is 25.5. The third-order valence-corrected chi connectivity index (χ3v) is 7.18. The summed E-state index contributed by atoms with van der Waals surface area (Å²) in [6, 6.07) is 6.59. The number of benzene rings is 1. The van der Waals surface area contributed by atoms with Gasteiger partial charge in [-0.3, -0.25) is 4.79 Å². The van der Waals surface area contributed by atoms with Crippen molar-refractivity contribution in [3.05, 3.63) is 45.6 Å². The van der Waals surface area contributed by atoms with Crippen LogP contribution in [0.15, 0.2) is 24.3 Å². The van der Waals surface area contributed by atoms with Crippen LogP contribution in [0.2, 0.25) is 10.0 Å². The van der Waals surface area contributed by atoms with E-state index in [1.54, 1.807) is 28.9 Å². The number of nitrogens with zero attached hydrogens (tertiary/aromatic N) is 2. The highest BCUT2D eigenvalue weighted by Crippen LogP contribution is 2.31. The molecular formula is C19H23Cl2N3O3S. The summed E-state index contributed by atoms with van der Waals surface area (Å²) >= 11 is 12.3. The van der Waals surface area contributed by atoms with Gasteiger partial charge in [0, 0.05) is 21.5 Å². The fraction of sp³-hybridized carbons (Fsp3) is 0.474. The highest BCUT2D eigenvalue weighted by Gasteiger charge is 2.33. The van der Waals surface area contributed by atoms with Gasteiger partial charge in [0.1, 0.15) is 5.82 Å². The van der Waals surface area contributed by atoms with Gasteiger partial charge in [0.05, 0.1) is 29.7 Å². The first-order valence-corrected chi connectivity index (χ1v) is 11.6. The first kappa shape index (κ1) is 21.1. The molecule has 1 aliphatic heterocycles. The number of hydrogen-bond acceptors (Lipinski definition) is 4. The topological polar surface area (TPSA) is 81.1 Å². The molecule has 1 aromatic carbocycles. The normalized spacial score (nSPS) is 19.0. The zero-order valence-corrected chi connectivity index (χ0v) is 18.3. The van der Waals surface area contributed by atoms with E-state index in [4.69, 9.17) is 23.2 Å². The first-order chi connectivity index (χ1) is 13.0. The summed E-state index contributed by atoms with van der Waals surface area (Å²) in [4.78, 5) is 12.7. The second kappa shape index (κ2) is 7.69. The van der Waals surface area contributed by atoms with Crippen LogP contribution in [-0.4, -0.2) is 35.6 Å². The Hall–Kier alpha value is -1.57. The molecular weight excluding hydrogens is 421 g/mol. The lowest BCUT2D eigenvalue weighted by molar-refractivity contribution is -0.115. The summed E-state index contributed by atoms with van der Waals surface area (Å²) in [5.41, 5.74) is 1.09. The fourth-order valence-electron chi connectivity index (χ4n) is 3.15. The molecule has 0 spiro atoms. The molecule has 6 nitrogen and oxygen atoms in total. The minimum absolute atomic E-state index is 0.0114. The molecule has 1 aromatic heterocycles. The van der Waals surface area contributed by atoms with Crippen LogP contribution in [0, 0.1) is 0 Å². The number of rotatable bonds is 4. The van der Waals surface area contributed by atoms with Crippen molar-refractivity contribution in [2.45, 2.75) is 45.1 Å². The van der Waals surface area contributed by atoms with E-state index in [9.17, 15) is 13.2 Å². The number of hydrogen-bond donors (Lipinski definition) is 1. The van der Waals surface area contributed by atoms with E-state index in [-0.39, 0.29) is 35.3 Å². The summed E-state index contributed by atoms with van der Waals surface area (Å²) in [6.07, 6.45) is 0.490. The molecule has 1 saturated heterocycles. The maximum absolute atomic E-state index is 12.7. The number of nitrogens with one attached hydrogen (secondary N) is 1. The molecule has 1 aliphatic rings. The smallest absolute Gasteiger partial charge is 0.230 e. The molecule has 28 heavy (non-hydrogen) atoms. The van der Waals surface area contributed by atoms with Gasteiger partial charge in [0.2, 0.25) is 5.91 Å². The van der Waals surface area contributed by atoms with Crippen molar-refractivity contribution < 1.29 is 13.2 Å². The second-order valence-electron chi connectivity index (χ2n) is 8.09. The van der Waals surface area contributed by atoms with E-state index in [2.05, 4.69) is 10.4 Å². The number of anilines is 1. The zero-order valence-electron chi connectivity index (χ0n) is 16.0. The maximum atomic E-state index is 12.7. The highest BCUT2D eigenvalue weighted by molar-refractivity contribution is 7.91. The minimum atomic E-state index is -3.08. The molecule has 1 fully saturated rings. The molecule has 1 amide bonds. The molecule has 0 aliphatic carbocycles. The second-order valence-corrected chi connectivity index (χ2v) is 11.1. The number of carbonyl (C=O) groups is 1. The fourth-order valence-corrected chi connectivity index (χ4v) is 5.37. The van der Waals surface area contributed by atoms with Gasteiger partial charge >= 0.3 is 0 Å². The Balaban J connectivity index is 1.88. The van der Waals surface area contributed by atoms with E-state index < -0.39 is 9.84 Å². The van der Waals surface area contributed by atoms with Crippen LogP contribution in [0.1, 0.15) is 44.5 Å². The Morgan fingerprint density at radius 2 is 1.93 bits per heavy atom. The Kier molecular flexibility index (Phi) is 5.81. The summed E-state index contributed by atoms with van der Waals surface area (Å²) in [5, 5.41) is 8.32. The highest BCUT2D eigenvalue weighted by atomic mass is 35.5. The number of sulfone groups is 1.